The molecule has 0 radical (unpaired) electrons. The van der Waals surface area contributed by atoms with Gasteiger partial charge < -0.3 is 15.4 Å². The molecule has 0 aromatic heterocycles. The molecule has 0 saturated carbocycles. The molecule has 3 rings (SSSR count). The van der Waals surface area contributed by atoms with Gasteiger partial charge in [-0.3, -0.25) is 4.79 Å². The molecule has 2 aromatic rings. The molecular formula is C19H22N2O2. The van der Waals surface area contributed by atoms with Crippen molar-refractivity contribution in [2.75, 3.05) is 13.1 Å². The Hall–Kier alpha value is -2.33. The second-order valence-corrected chi connectivity index (χ2v) is 5.82. The Bertz CT molecular complexity index is 620. The Morgan fingerprint density at radius 1 is 1.13 bits per heavy atom. The number of amides is 1. The third-order valence-electron chi connectivity index (χ3n) is 4.00. The van der Waals surface area contributed by atoms with Gasteiger partial charge in [0.25, 0.3) is 5.91 Å². The van der Waals surface area contributed by atoms with E-state index in [1.165, 1.54) is 0 Å². The Balaban J connectivity index is 1.52. The van der Waals surface area contributed by atoms with Gasteiger partial charge in [0.05, 0.1) is 0 Å². The molecule has 2 N–H and O–H groups in total. The molecule has 1 heterocycles. The summed E-state index contributed by atoms with van der Waals surface area (Å²) in [5, 5.41) is 6.38. The van der Waals surface area contributed by atoms with Crippen molar-refractivity contribution in [2.24, 2.45) is 0 Å². The molecule has 1 aliphatic heterocycles. The normalized spacial score (nSPS) is 17.5. The molecule has 2 aromatic carbocycles. The first-order chi connectivity index (χ1) is 11.3. The number of carbonyl (C=O) groups is 1. The second-order valence-electron chi connectivity index (χ2n) is 5.82. The molecule has 1 atom stereocenters. The van der Waals surface area contributed by atoms with E-state index in [0.717, 1.165) is 37.2 Å². The van der Waals surface area contributed by atoms with Gasteiger partial charge in [-0.25, -0.2) is 0 Å². The molecule has 0 bridgehead atoms. The lowest BCUT2D eigenvalue weighted by atomic mass is 10.1. The van der Waals surface area contributed by atoms with Crippen molar-refractivity contribution in [1.29, 1.82) is 0 Å². The van der Waals surface area contributed by atoms with Crippen LogP contribution in [-0.2, 0) is 6.61 Å². The maximum absolute atomic E-state index is 12.2. The number of benzene rings is 2. The average molecular weight is 310 g/mol. The highest BCUT2D eigenvalue weighted by Gasteiger charge is 2.16. The third-order valence-corrected chi connectivity index (χ3v) is 4.00. The van der Waals surface area contributed by atoms with Crippen molar-refractivity contribution < 1.29 is 9.53 Å². The first-order valence-corrected chi connectivity index (χ1v) is 8.09. The van der Waals surface area contributed by atoms with E-state index in [9.17, 15) is 4.79 Å². The van der Waals surface area contributed by atoms with E-state index in [0.29, 0.717) is 12.2 Å². The molecule has 1 amide bonds. The minimum absolute atomic E-state index is 0.00534. The molecule has 1 unspecified atom stereocenters. The van der Waals surface area contributed by atoms with E-state index in [4.69, 9.17) is 4.74 Å². The molecule has 0 spiro atoms. The fraction of sp³-hybridized carbons (Fsp3) is 0.316. The third kappa shape index (κ3) is 4.57. The van der Waals surface area contributed by atoms with Gasteiger partial charge in [-0.2, -0.15) is 0 Å². The molecule has 1 saturated heterocycles. The highest BCUT2D eigenvalue weighted by molar-refractivity contribution is 5.94. The quantitative estimate of drug-likeness (QED) is 0.893. The van der Waals surface area contributed by atoms with E-state index < -0.39 is 0 Å². The zero-order chi connectivity index (χ0) is 15.9. The van der Waals surface area contributed by atoms with Gasteiger partial charge in [0.1, 0.15) is 12.4 Å². The number of rotatable bonds is 5. The van der Waals surface area contributed by atoms with Crippen LogP contribution in [0.25, 0.3) is 0 Å². The predicted octanol–water partition coefficient (Wildman–Crippen LogP) is 2.75. The zero-order valence-corrected chi connectivity index (χ0v) is 13.1. The monoisotopic (exact) mass is 310 g/mol. The molecule has 0 aliphatic carbocycles. The molecule has 4 heteroatoms. The van der Waals surface area contributed by atoms with Crippen molar-refractivity contribution in [2.45, 2.75) is 25.5 Å². The van der Waals surface area contributed by atoms with Crippen LogP contribution in [0.4, 0.5) is 0 Å². The lowest BCUT2D eigenvalue weighted by Gasteiger charge is -2.23. The van der Waals surface area contributed by atoms with E-state index in [1.807, 2.05) is 54.6 Å². The Labute approximate surface area is 136 Å². The maximum atomic E-state index is 12.2. The molecule has 1 aliphatic rings. The summed E-state index contributed by atoms with van der Waals surface area (Å²) in [5.74, 6) is 0.841. The van der Waals surface area contributed by atoms with Crippen LogP contribution in [0.1, 0.15) is 28.8 Å². The van der Waals surface area contributed by atoms with Crippen molar-refractivity contribution in [3.05, 3.63) is 65.7 Å². The minimum Gasteiger partial charge on any atom is -0.489 e. The van der Waals surface area contributed by atoms with E-state index >= 15 is 0 Å². The number of ether oxygens (including phenoxy) is 1. The molecule has 120 valence electrons. The van der Waals surface area contributed by atoms with Gasteiger partial charge >= 0.3 is 0 Å². The van der Waals surface area contributed by atoms with Gasteiger partial charge in [-0.1, -0.05) is 30.3 Å². The van der Waals surface area contributed by atoms with Crippen LogP contribution in [-0.4, -0.2) is 25.0 Å². The highest BCUT2D eigenvalue weighted by Crippen LogP contribution is 2.12. The predicted molar refractivity (Wildman–Crippen MR) is 90.6 cm³/mol. The zero-order valence-electron chi connectivity index (χ0n) is 13.1. The number of carbonyl (C=O) groups excluding carboxylic acids is 1. The van der Waals surface area contributed by atoms with E-state index in [-0.39, 0.29) is 11.9 Å². The number of para-hydroxylation sites is 1. The van der Waals surface area contributed by atoms with Crippen molar-refractivity contribution in [3.8, 4) is 5.75 Å². The number of piperidine rings is 1. The largest absolute Gasteiger partial charge is 0.489 e. The Morgan fingerprint density at radius 3 is 2.61 bits per heavy atom. The number of hydrogen-bond acceptors (Lipinski definition) is 3. The number of nitrogens with one attached hydrogen (secondary N) is 2. The summed E-state index contributed by atoms with van der Waals surface area (Å²) >= 11 is 0. The lowest BCUT2D eigenvalue weighted by molar-refractivity contribution is 0.0930. The molecule has 4 nitrogen and oxygen atoms in total. The van der Waals surface area contributed by atoms with Crippen LogP contribution in [0, 0.1) is 0 Å². The molecule has 23 heavy (non-hydrogen) atoms. The van der Waals surface area contributed by atoms with Crippen molar-refractivity contribution in [1.82, 2.24) is 10.6 Å². The summed E-state index contributed by atoms with van der Waals surface area (Å²) in [7, 11) is 0. The fourth-order valence-corrected chi connectivity index (χ4v) is 2.68. The SMILES string of the molecule is O=C(NC1CCCNC1)c1ccc(COc2ccccc2)cc1. The molecular weight excluding hydrogens is 288 g/mol. The fourth-order valence-electron chi connectivity index (χ4n) is 2.68. The van der Waals surface area contributed by atoms with Crippen LogP contribution in [0.3, 0.4) is 0 Å². The van der Waals surface area contributed by atoms with Crippen molar-refractivity contribution >= 4 is 5.91 Å². The smallest absolute Gasteiger partial charge is 0.251 e. The molecule has 1 fully saturated rings. The lowest BCUT2D eigenvalue weighted by Crippen LogP contribution is -2.45. The number of hydrogen-bond donors (Lipinski definition) is 2. The van der Waals surface area contributed by atoms with Crippen molar-refractivity contribution in [3.63, 3.8) is 0 Å². The summed E-state index contributed by atoms with van der Waals surface area (Å²) in [6.07, 6.45) is 2.16. The van der Waals surface area contributed by atoms with Crippen LogP contribution in [0.15, 0.2) is 54.6 Å². The summed E-state index contributed by atoms with van der Waals surface area (Å²) in [6, 6.07) is 17.5. The van der Waals surface area contributed by atoms with Gasteiger partial charge in [-0.05, 0) is 49.2 Å². The summed E-state index contributed by atoms with van der Waals surface area (Å²) in [5.41, 5.74) is 1.74. The van der Waals surface area contributed by atoms with Gasteiger partial charge in [-0.15, -0.1) is 0 Å². The Kier molecular flexibility index (Phi) is 5.27. The van der Waals surface area contributed by atoms with Gasteiger partial charge in [0, 0.05) is 18.2 Å². The summed E-state index contributed by atoms with van der Waals surface area (Å²) < 4.78 is 5.71. The van der Waals surface area contributed by atoms with E-state index in [1.54, 1.807) is 0 Å². The second kappa shape index (κ2) is 7.79. The van der Waals surface area contributed by atoms with Crippen LogP contribution in [0.5, 0.6) is 5.75 Å². The minimum atomic E-state index is -0.00534. The Morgan fingerprint density at radius 2 is 1.91 bits per heavy atom. The standard InChI is InChI=1S/C19H22N2O2/c22-19(21-17-5-4-12-20-13-17)16-10-8-15(9-11-16)14-23-18-6-2-1-3-7-18/h1-3,6-11,17,20H,4-5,12-14H2,(H,21,22). The van der Waals surface area contributed by atoms with Gasteiger partial charge in [0.15, 0.2) is 0 Å². The van der Waals surface area contributed by atoms with Crippen LogP contribution in [0.2, 0.25) is 0 Å². The average Bonchev–Trinajstić information content (AvgIpc) is 2.62. The summed E-state index contributed by atoms with van der Waals surface area (Å²) in [4.78, 5) is 12.2. The van der Waals surface area contributed by atoms with Crippen LogP contribution >= 0.6 is 0 Å². The highest BCUT2D eigenvalue weighted by atomic mass is 16.5. The first kappa shape index (κ1) is 15.6. The topological polar surface area (TPSA) is 50.4 Å². The van der Waals surface area contributed by atoms with Crippen LogP contribution < -0.4 is 15.4 Å². The van der Waals surface area contributed by atoms with Gasteiger partial charge in [0.2, 0.25) is 0 Å². The van der Waals surface area contributed by atoms with E-state index in [2.05, 4.69) is 10.6 Å². The summed E-state index contributed by atoms with van der Waals surface area (Å²) in [6.45, 7) is 2.40. The maximum Gasteiger partial charge on any atom is 0.251 e. The first-order valence-electron chi connectivity index (χ1n) is 8.09.